The highest BCUT2D eigenvalue weighted by molar-refractivity contribution is 5.79. The molecule has 4 rings (SSSR count). The van der Waals surface area contributed by atoms with Gasteiger partial charge in [0, 0.05) is 31.4 Å². The van der Waals surface area contributed by atoms with Gasteiger partial charge in [0.1, 0.15) is 5.75 Å². The number of carbonyl (C=O) groups is 1. The summed E-state index contributed by atoms with van der Waals surface area (Å²) in [6, 6.07) is 18.6. The lowest BCUT2D eigenvalue weighted by Crippen LogP contribution is -2.47. The van der Waals surface area contributed by atoms with E-state index >= 15 is 0 Å². The lowest BCUT2D eigenvalue weighted by Gasteiger charge is -2.39. The topological polar surface area (TPSA) is 42.0 Å². The predicted octanol–water partition coefficient (Wildman–Crippen LogP) is 3.52. The van der Waals surface area contributed by atoms with Crippen molar-refractivity contribution in [3.8, 4) is 5.75 Å². The second kappa shape index (κ2) is 8.46. The van der Waals surface area contributed by atoms with E-state index in [2.05, 4.69) is 36.2 Å². The summed E-state index contributed by atoms with van der Waals surface area (Å²) in [5.41, 5.74) is 2.08. The van der Waals surface area contributed by atoms with Crippen molar-refractivity contribution in [2.24, 2.45) is 0 Å². The molecule has 0 bridgehead atoms. The minimum Gasteiger partial charge on any atom is -0.496 e. The smallest absolute Gasteiger partial charge is 0.227 e. The number of para-hydroxylation sites is 2. The van der Waals surface area contributed by atoms with Crippen molar-refractivity contribution in [1.82, 2.24) is 4.90 Å². The normalized spacial score (nSPS) is 20.6. The second-order valence-corrected chi connectivity index (χ2v) is 8.17. The maximum Gasteiger partial charge on any atom is 0.227 e. The number of nitrogens with zero attached hydrogens (tertiary/aromatic N) is 2. The van der Waals surface area contributed by atoms with Gasteiger partial charge >= 0.3 is 0 Å². The first-order chi connectivity index (χ1) is 14.1. The number of carbonyl (C=O) groups excluding carboxylic acids is 1. The molecule has 1 atom stereocenters. The number of methoxy groups -OCH3 is 1. The summed E-state index contributed by atoms with van der Waals surface area (Å²) in [6.07, 6.45) is 3.22. The number of ether oxygens (including phenoxy) is 2. The number of hydrogen-bond acceptors (Lipinski definition) is 4. The molecule has 0 aromatic heterocycles. The van der Waals surface area contributed by atoms with Crippen LogP contribution in [0.25, 0.3) is 0 Å². The van der Waals surface area contributed by atoms with Gasteiger partial charge in [-0.15, -0.1) is 0 Å². The van der Waals surface area contributed by atoms with Gasteiger partial charge in [0.25, 0.3) is 0 Å². The molecule has 29 heavy (non-hydrogen) atoms. The largest absolute Gasteiger partial charge is 0.496 e. The lowest BCUT2D eigenvalue weighted by molar-refractivity contribution is -0.135. The van der Waals surface area contributed by atoms with Crippen molar-refractivity contribution < 1.29 is 14.3 Å². The Morgan fingerprint density at radius 2 is 1.83 bits per heavy atom. The molecular formula is C24H30N2O3. The highest BCUT2D eigenvalue weighted by Gasteiger charge is 2.44. The molecule has 2 aromatic rings. The summed E-state index contributed by atoms with van der Waals surface area (Å²) in [7, 11) is 3.79. The number of hydrogen-bond donors (Lipinski definition) is 0. The van der Waals surface area contributed by atoms with Crippen LogP contribution in [0.2, 0.25) is 0 Å². The molecule has 0 saturated carbocycles. The Hall–Kier alpha value is -2.53. The number of likely N-dealkylation sites (tertiary alicyclic amines) is 1. The van der Waals surface area contributed by atoms with E-state index in [0.717, 1.165) is 50.3 Å². The van der Waals surface area contributed by atoms with Crippen LogP contribution in [0.5, 0.6) is 5.75 Å². The van der Waals surface area contributed by atoms with E-state index in [-0.39, 0.29) is 11.5 Å². The van der Waals surface area contributed by atoms with Gasteiger partial charge < -0.3 is 19.3 Å². The van der Waals surface area contributed by atoms with Crippen LogP contribution in [0, 0.1) is 0 Å². The van der Waals surface area contributed by atoms with Crippen molar-refractivity contribution in [2.75, 3.05) is 38.8 Å². The molecule has 2 saturated heterocycles. The number of benzene rings is 2. The first-order valence-corrected chi connectivity index (χ1v) is 10.4. The molecule has 2 aromatic carbocycles. The summed E-state index contributed by atoms with van der Waals surface area (Å²) >= 11 is 0. The molecule has 0 radical (unpaired) electrons. The zero-order valence-corrected chi connectivity index (χ0v) is 17.3. The molecule has 5 heteroatoms. The van der Waals surface area contributed by atoms with Crippen molar-refractivity contribution in [3.63, 3.8) is 0 Å². The Bertz CT molecular complexity index is 831. The van der Waals surface area contributed by atoms with Crippen LogP contribution in [-0.4, -0.2) is 56.3 Å². The van der Waals surface area contributed by atoms with Crippen LogP contribution in [0.1, 0.15) is 24.8 Å². The van der Waals surface area contributed by atoms with Crippen molar-refractivity contribution in [1.29, 1.82) is 0 Å². The van der Waals surface area contributed by atoms with Gasteiger partial charge in [-0.3, -0.25) is 4.79 Å². The number of piperidine rings is 1. The summed E-state index contributed by atoms with van der Waals surface area (Å²) in [4.78, 5) is 17.1. The van der Waals surface area contributed by atoms with Crippen molar-refractivity contribution >= 4 is 11.6 Å². The van der Waals surface area contributed by atoms with Crippen LogP contribution in [0.4, 0.5) is 5.69 Å². The monoisotopic (exact) mass is 394 g/mol. The summed E-state index contributed by atoms with van der Waals surface area (Å²) in [5, 5.41) is 0. The fourth-order valence-corrected chi connectivity index (χ4v) is 4.58. The molecule has 2 fully saturated rings. The van der Waals surface area contributed by atoms with Crippen LogP contribution >= 0.6 is 0 Å². The van der Waals surface area contributed by atoms with E-state index < -0.39 is 0 Å². The molecule has 154 valence electrons. The number of amides is 1. The molecule has 5 nitrogen and oxygen atoms in total. The third kappa shape index (κ3) is 4.25. The summed E-state index contributed by atoms with van der Waals surface area (Å²) < 4.78 is 11.7. The standard InChI is InChI=1S/C24H30N2O3/c1-25(20-9-4-3-5-10-20)21-17-24(29-18-21)12-14-26(15-13-24)23(27)16-19-8-6-7-11-22(19)28-2/h3-11,21H,12-18H2,1-2H3/t21-/m0/s1. The molecule has 0 unspecified atom stereocenters. The highest BCUT2D eigenvalue weighted by atomic mass is 16.5. The van der Waals surface area contributed by atoms with Crippen LogP contribution in [0.3, 0.4) is 0 Å². The minimum atomic E-state index is -0.0884. The molecule has 1 amide bonds. The Kier molecular flexibility index (Phi) is 5.76. The van der Waals surface area contributed by atoms with E-state index in [0.29, 0.717) is 12.5 Å². The fourth-order valence-electron chi connectivity index (χ4n) is 4.58. The Morgan fingerprint density at radius 1 is 1.14 bits per heavy atom. The molecule has 2 heterocycles. The maximum absolute atomic E-state index is 12.8. The average molecular weight is 395 g/mol. The molecule has 2 aliphatic rings. The third-order valence-electron chi connectivity index (χ3n) is 6.46. The Morgan fingerprint density at radius 3 is 2.55 bits per heavy atom. The van der Waals surface area contributed by atoms with Gasteiger partial charge in [0.2, 0.25) is 5.91 Å². The van der Waals surface area contributed by atoms with E-state index in [1.165, 1.54) is 5.69 Å². The van der Waals surface area contributed by atoms with Crippen LogP contribution < -0.4 is 9.64 Å². The number of anilines is 1. The average Bonchev–Trinajstić information content (AvgIpc) is 3.18. The van der Waals surface area contributed by atoms with Crippen molar-refractivity contribution in [3.05, 3.63) is 60.2 Å². The summed E-state index contributed by atoms with van der Waals surface area (Å²) in [6.45, 7) is 2.27. The van der Waals surface area contributed by atoms with Gasteiger partial charge in [0.05, 0.1) is 31.8 Å². The van der Waals surface area contributed by atoms with Gasteiger partial charge in [0.15, 0.2) is 0 Å². The lowest BCUT2D eigenvalue weighted by atomic mass is 9.87. The second-order valence-electron chi connectivity index (χ2n) is 8.17. The summed E-state index contributed by atoms with van der Waals surface area (Å²) in [5.74, 6) is 0.945. The van der Waals surface area contributed by atoms with E-state index in [4.69, 9.17) is 9.47 Å². The first kappa shape index (κ1) is 19.8. The molecule has 0 N–H and O–H groups in total. The van der Waals surface area contributed by atoms with Crippen molar-refractivity contribution in [2.45, 2.75) is 37.3 Å². The highest BCUT2D eigenvalue weighted by Crippen LogP contribution is 2.38. The zero-order valence-electron chi connectivity index (χ0n) is 17.3. The van der Waals surface area contributed by atoms with Crippen LogP contribution in [0.15, 0.2) is 54.6 Å². The van der Waals surface area contributed by atoms with E-state index in [9.17, 15) is 4.79 Å². The quantitative estimate of drug-likeness (QED) is 0.778. The predicted molar refractivity (Wildman–Crippen MR) is 114 cm³/mol. The van der Waals surface area contributed by atoms with Gasteiger partial charge in [-0.1, -0.05) is 36.4 Å². The fraction of sp³-hybridized carbons (Fsp3) is 0.458. The molecule has 1 spiro atoms. The Labute approximate surface area is 173 Å². The SMILES string of the molecule is COc1ccccc1CC(=O)N1CCC2(CC1)C[C@H](N(C)c1ccccc1)CO2. The van der Waals surface area contributed by atoms with Gasteiger partial charge in [-0.05, 0) is 37.5 Å². The molecule has 0 aliphatic carbocycles. The first-order valence-electron chi connectivity index (χ1n) is 10.4. The number of rotatable bonds is 5. The van der Waals surface area contributed by atoms with Crippen LogP contribution in [-0.2, 0) is 16.0 Å². The molecule has 2 aliphatic heterocycles. The van der Waals surface area contributed by atoms with E-state index in [1.54, 1.807) is 7.11 Å². The Balaban J connectivity index is 1.33. The minimum absolute atomic E-state index is 0.0884. The van der Waals surface area contributed by atoms with E-state index in [1.807, 2.05) is 35.2 Å². The number of likely N-dealkylation sites (N-methyl/N-ethyl adjacent to an activating group) is 1. The maximum atomic E-state index is 12.8. The third-order valence-corrected chi connectivity index (χ3v) is 6.46. The zero-order chi connectivity index (χ0) is 20.3. The van der Waals surface area contributed by atoms with Gasteiger partial charge in [-0.2, -0.15) is 0 Å². The van der Waals surface area contributed by atoms with Gasteiger partial charge in [-0.25, -0.2) is 0 Å². The molecular weight excluding hydrogens is 364 g/mol.